The molecule has 0 amide bonds. The Hall–Kier alpha value is -2.95. The number of nitrogens with zero attached hydrogens (tertiary/aromatic N) is 4. The summed E-state index contributed by atoms with van der Waals surface area (Å²) in [5, 5.41) is 50.9. The lowest BCUT2D eigenvalue weighted by Crippen LogP contribution is -1.96. The lowest BCUT2D eigenvalue weighted by molar-refractivity contribution is -0.432. The van der Waals surface area contributed by atoms with Crippen LogP contribution in [0.4, 0.5) is 0 Å². The van der Waals surface area contributed by atoms with Crippen molar-refractivity contribution in [2.24, 2.45) is 0 Å². The summed E-state index contributed by atoms with van der Waals surface area (Å²) in [5.41, 5.74) is 1.19. The van der Waals surface area contributed by atoms with Crippen molar-refractivity contribution in [3.8, 4) is 17.9 Å². The summed E-state index contributed by atoms with van der Waals surface area (Å²) in [4.78, 5) is 0.148. The molecule has 9 heteroatoms. The molecule has 23 heavy (non-hydrogen) atoms. The molecule has 2 aromatic carbocycles. The number of benzene rings is 2. The summed E-state index contributed by atoms with van der Waals surface area (Å²) in [5.74, 6) is -0.378. The Kier molecular flexibility index (Phi) is 3.93. The molecular weight excluding hydrogens is 320 g/mol. The van der Waals surface area contributed by atoms with E-state index in [9.17, 15) is 5.11 Å². The fourth-order valence-electron chi connectivity index (χ4n) is 2.14. The van der Waals surface area contributed by atoms with Crippen molar-refractivity contribution in [3.05, 3.63) is 35.4 Å². The van der Waals surface area contributed by atoms with Crippen LogP contribution in [0.3, 0.4) is 0 Å². The standard InChI is InChI=1S/C14H6N4O4S/c15-5-7-1-9-10-3-13(19)14(23-22-21-20)4-12(10)18-17-11(9)2-8(7)6-16/h1-4,19-20H/p-1. The van der Waals surface area contributed by atoms with Gasteiger partial charge in [-0.3, -0.25) is 0 Å². The summed E-state index contributed by atoms with van der Waals surface area (Å²) >= 11 is 0.533. The van der Waals surface area contributed by atoms with Gasteiger partial charge in [0.2, 0.25) is 0 Å². The first-order valence-corrected chi connectivity index (χ1v) is 6.82. The molecule has 0 aliphatic rings. The zero-order valence-corrected chi connectivity index (χ0v) is 12.0. The van der Waals surface area contributed by atoms with E-state index in [2.05, 4.69) is 19.6 Å². The topological polar surface area (TPSA) is 135 Å². The van der Waals surface area contributed by atoms with Crippen LogP contribution in [0.25, 0.3) is 21.8 Å². The van der Waals surface area contributed by atoms with Crippen LogP contribution in [0.2, 0.25) is 0 Å². The van der Waals surface area contributed by atoms with E-state index >= 15 is 0 Å². The second-order valence-corrected chi connectivity index (χ2v) is 5.12. The number of hydrogen-bond acceptors (Lipinski definition) is 9. The molecule has 8 nitrogen and oxygen atoms in total. The molecule has 3 aromatic rings. The van der Waals surface area contributed by atoms with Gasteiger partial charge in [-0.2, -0.15) is 10.5 Å². The van der Waals surface area contributed by atoms with E-state index in [0.717, 1.165) is 0 Å². The molecule has 0 saturated carbocycles. The van der Waals surface area contributed by atoms with Crippen molar-refractivity contribution in [1.82, 2.24) is 10.2 Å². The second-order valence-electron chi connectivity index (χ2n) is 4.38. The summed E-state index contributed by atoms with van der Waals surface area (Å²) in [6.45, 7) is 0. The fraction of sp³-hybridized carbons (Fsp3) is 0. The molecule has 0 spiro atoms. The monoisotopic (exact) mass is 325 g/mol. The number of aromatic nitrogens is 2. The molecule has 112 valence electrons. The maximum Gasteiger partial charge on any atom is 0.101 e. The fourth-order valence-corrected chi connectivity index (χ4v) is 2.55. The van der Waals surface area contributed by atoms with Gasteiger partial charge in [-0.25, -0.2) is 5.26 Å². The van der Waals surface area contributed by atoms with Crippen LogP contribution in [-0.4, -0.2) is 15.5 Å². The first-order chi connectivity index (χ1) is 11.2. The normalized spacial score (nSPS) is 10.6. The highest BCUT2D eigenvalue weighted by Gasteiger charge is 2.11. The van der Waals surface area contributed by atoms with Crippen LogP contribution < -0.4 is 5.11 Å². The molecule has 0 fully saturated rings. The van der Waals surface area contributed by atoms with E-state index in [4.69, 9.17) is 15.8 Å². The summed E-state index contributed by atoms with van der Waals surface area (Å²) < 4.78 is 4.25. The first-order valence-electron chi connectivity index (χ1n) is 6.08. The molecule has 0 aliphatic heterocycles. The van der Waals surface area contributed by atoms with Crippen LogP contribution >= 0.6 is 12.0 Å². The van der Waals surface area contributed by atoms with Crippen LogP contribution in [0.5, 0.6) is 5.75 Å². The van der Waals surface area contributed by atoms with Crippen molar-refractivity contribution in [2.75, 3.05) is 0 Å². The minimum absolute atomic E-state index is 0.148. The largest absolute Gasteiger partial charge is 0.872 e. The van der Waals surface area contributed by atoms with Gasteiger partial charge >= 0.3 is 0 Å². The van der Waals surface area contributed by atoms with Gasteiger partial charge in [0.25, 0.3) is 0 Å². The lowest BCUT2D eigenvalue weighted by atomic mass is 10.0. The quantitative estimate of drug-likeness (QED) is 0.332. The van der Waals surface area contributed by atoms with E-state index in [-0.39, 0.29) is 21.8 Å². The van der Waals surface area contributed by atoms with Gasteiger partial charge in [0.05, 0.1) is 34.2 Å². The van der Waals surface area contributed by atoms with Crippen molar-refractivity contribution in [1.29, 1.82) is 10.5 Å². The van der Waals surface area contributed by atoms with Crippen molar-refractivity contribution in [2.45, 2.75) is 4.90 Å². The first kappa shape index (κ1) is 15.0. The molecule has 0 aliphatic carbocycles. The molecule has 1 aromatic heterocycles. The molecule has 0 radical (unpaired) electrons. The molecule has 1 heterocycles. The van der Waals surface area contributed by atoms with Crippen LogP contribution in [0.1, 0.15) is 11.1 Å². The summed E-state index contributed by atoms with van der Waals surface area (Å²) in [6, 6.07) is 9.57. The predicted octanol–water partition coefficient (Wildman–Crippen LogP) is 2.03. The van der Waals surface area contributed by atoms with E-state index in [1.807, 2.05) is 12.1 Å². The molecule has 3 rings (SSSR count). The lowest BCUT2D eigenvalue weighted by Gasteiger charge is -2.13. The molecule has 0 unspecified atom stereocenters. The van der Waals surface area contributed by atoms with Crippen LogP contribution in [0.15, 0.2) is 29.2 Å². The van der Waals surface area contributed by atoms with Gasteiger partial charge in [-0.1, -0.05) is 16.9 Å². The number of nitriles is 2. The summed E-state index contributed by atoms with van der Waals surface area (Å²) in [6.07, 6.45) is 0. The van der Waals surface area contributed by atoms with Crippen molar-refractivity contribution >= 4 is 33.8 Å². The maximum atomic E-state index is 12.1. The molecular formula is C14H5N4O4S-. The van der Waals surface area contributed by atoms with Crippen molar-refractivity contribution in [3.63, 3.8) is 0 Å². The van der Waals surface area contributed by atoms with E-state index in [1.54, 1.807) is 0 Å². The Morgan fingerprint density at radius 3 is 2.26 bits per heavy atom. The average Bonchev–Trinajstić information content (AvgIpc) is 2.58. The molecule has 0 atom stereocenters. The number of fused-ring (bicyclic) bond motifs is 3. The Balaban J connectivity index is 2.29. The SMILES string of the molecule is N#Cc1cc2nnc3cc(SOOO)c([O-])cc3c2cc1C#N. The zero-order valence-electron chi connectivity index (χ0n) is 11.2. The highest BCUT2D eigenvalue weighted by atomic mass is 32.2. The van der Waals surface area contributed by atoms with E-state index in [0.29, 0.717) is 33.8 Å². The second kappa shape index (κ2) is 6.04. The minimum Gasteiger partial charge on any atom is -0.872 e. The average molecular weight is 325 g/mol. The zero-order chi connectivity index (χ0) is 16.4. The van der Waals surface area contributed by atoms with Gasteiger partial charge in [-0.15, -0.1) is 14.5 Å². The number of hydrogen-bond donors (Lipinski definition) is 1. The Bertz CT molecular complexity index is 1010. The molecule has 0 bridgehead atoms. The van der Waals surface area contributed by atoms with Crippen molar-refractivity contribution < 1.29 is 19.7 Å². The third kappa shape index (κ3) is 2.61. The highest BCUT2D eigenvalue weighted by molar-refractivity contribution is 7.94. The molecule has 1 N–H and O–H groups in total. The smallest absolute Gasteiger partial charge is 0.101 e. The Morgan fingerprint density at radius 1 is 1.00 bits per heavy atom. The van der Waals surface area contributed by atoms with Crippen LogP contribution in [-0.2, 0) is 9.37 Å². The van der Waals surface area contributed by atoms with E-state index < -0.39 is 0 Å². The van der Waals surface area contributed by atoms with Gasteiger partial charge in [0, 0.05) is 15.7 Å². The highest BCUT2D eigenvalue weighted by Crippen LogP contribution is 2.34. The van der Waals surface area contributed by atoms with Gasteiger partial charge < -0.3 is 5.11 Å². The third-order valence-electron chi connectivity index (χ3n) is 3.15. The minimum atomic E-state index is -0.378. The maximum absolute atomic E-state index is 12.1. The molecule has 0 saturated heterocycles. The third-order valence-corrected chi connectivity index (χ3v) is 3.78. The predicted molar refractivity (Wildman–Crippen MR) is 76.6 cm³/mol. The van der Waals surface area contributed by atoms with Gasteiger partial charge in [-0.05, 0) is 18.2 Å². The Labute approximate surface area is 133 Å². The summed E-state index contributed by atoms with van der Waals surface area (Å²) in [7, 11) is 0. The van der Waals surface area contributed by atoms with E-state index in [1.165, 1.54) is 24.3 Å². The number of rotatable bonds is 3. The Morgan fingerprint density at radius 2 is 1.61 bits per heavy atom. The van der Waals surface area contributed by atoms with Gasteiger partial charge in [0.15, 0.2) is 0 Å². The van der Waals surface area contributed by atoms with Crippen LogP contribution in [0, 0.1) is 22.7 Å². The van der Waals surface area contributed by atoms with Gasteiger partial charge in [0.1, 0.15) is 12.1 Å².